The standard InChI is InChI=1S/C18H26N2O5/c1-4-24-13-10-18(16(22)23,17(13,2)3)19-15(21)14-11-8-6-5-7-9-12(11)25-20-14/h13H,4-10H2,1-3H3,(H,19,21)(H,22,23). The van der Waals surface area contributed by atoms with Crippen LogP contribution in [0.3, 0.4) is 0 Å². The fourth-order valence-corrected chi connectivity index (χ4v) is 4.03. The molecule has 2 unspecified atom stereocenters. The number of carbonyl (C=O) groups excluding carboxylic acids is 1. The second kappa shape index (κ2) is 6.44. The minimum atomic E-state index is -1.36. The number of aliphatic carboxylic acids is 1. The lowest BCUT2D eigenvalue weighted by Gasteiger charge is -2.58. The van der Waals surface area contributed by atoms with Gasteiger partial charge in [0.15, 0.2) is 5.69 Å². The summed E-state index contributed by atoms with van der Waals surface area (Å²) in [6, 6.07) is 0. The maximum absolute atomic E-state index is 12.8. The summed E-state index contributed by atoms with van der Waals surface area (Å²) in [5.41, 5.74) is -1.02. The first-order valence-corrected chi connectivity index (χ1v) is 8.98. The number of nitrogens with one attached hydrogen (secondary N) is 1. The predicted octanol–water partition coefficient (Wildman–Crippen LogP) is 2.33. The zero-order chi connectivity index (χ0) is 18.2. The van der Waals surface area contributed by atoms with Crippen molar-refractivity contribution in [1.82, 2.24) is 10.5 Å². The third-order valence-electron chi connectivity index (χ3n) is 5.87. The molecular weight excluding hydrogens is 324 g/mol. The van der Waals surface area contributed by atoms with Crippen LogP contribution in [0.25, 0.3) is 0 Å². The van der Waals surface area contributed by atoms with Gasteiger partial charge in [-0.2, -0.15) is 0 Å². The average Bonchev–Trinajstić information content (AvgIpc) is 2.82. The van der Waals surface area contributed by atoms with Crippen LogP contribution in [0.5, 0.6) is 0 Å². The molecule has 2 atom stereocenters. The molecule has 1 saturated carbocycles. The summed E-state index contributed by atoms with van der Waals surface area (Å²) < 4.78 is 11.0. The normalized spacial score (nSPS) is 27.7. The predicted molar refractivity (Wildman–Crippen MR) is 89.4 cm³/mol. The van der Waals surface area contributed by atoms with E-state index in [0.29, 0.717) is 6.61 Å². The van der Waals surface area contributed by atoms with E-state index in [9.17, 15) is 14.7 Å². The van der Waals surface area contributed by atoms with Crippen LogP contribution in [0, 0.1) is 5.41 Å². The summed E-state index contributed by atoms with van der Waals surface area (Å²) >= 11 is 0. The molecule has 0 bridgehead atoms. The van der Waals surface area contributed by atoms with E-state index >= 15 is 0 Å². The van der Waals surface area contributed by atoms with Gasteiger partial charge in [-0.15, -0.1) is 0 Å². The topological polar surface area (TPSA) is 102 Å². The molecule has 7 nitrogen and oxygen atoms in total. The second-order valence-electron chi connectivity index (χ2n) is 7.53. The van der Waals surface area contributed by atoms with Crippen molar-refractivity contribution in [2.75, 3.05) is 6.61 Å². The van der Waals surface area contributed by atoms with E-state index in [4.69, 9.17) is 9.26 Å². The van der Waals surface area contributed by atoms with Crippen molar-refractivity contribution >= 4 is 11.9 Å². The van der Waals surface area contributed by atoms with Crippen molar-refractivity contribution in [1.29, 1.82) is 0 Å². The number of hydrogen-bond acceptors (Lipinski definition) is 5. The smallest absolute Gasteiger partial charge is 0.330 e. The van der Waals surface area contributed by atoms with E-state index < -0.39 is 22.8 Å². The van der Waals surface area contributed by atoms with E-state index in [-0.39, 0.29) is 18.2 Å². The van der Waals surface area contributed by atoms with Crippen molar-refractivity contribution in [2.45, 2.75) is 70.9 Å². The van der Waals surface area contributed by atoms with Crippen LogP contribution >= 0.6 is 0 Å². The molecule has 1 fully saturated rings. The Balaban J connectivity index is 1.84. The Morgan fingerprint density at radius 1 is 1.32 bits per heavy atom. The highest BCUT2D eigenvalue weighted by atomic mass is 16.5. The Hall–Kier alpha value is -1.89. The molecule has 2 aliphatic rings. The van der Waals surface area contributed by atoms with Gasteiger partial charge in [0.25, 0.3) is 5.91 Å². The molecule has 25 heavy (non-hydrogen) atoms. The third kappa shape index (κ3) is 2.74. The lowest BCUT2D eigenvalue weighted by molar-refractivity contribution is -0.190. The number of aromatic nitrogens is 1. The van der Waals surface area contributed by atoms with E-state index in [1.807, 2.05) is 20.8 Å². The number of nitrogens with zero attached hydrogens (tertiary/aromatic N) is 1. The Bertz CT molecular complexity index is 681. The molecule has 2 N–H and O–H groups in total. The SMILES string of the molecule is CCOC1CC(NC(=O)c2noc3c2CCCCC3)(C(=O)O)C1(C)C. The number of aryl methyl sites for hydroxylation is 1. The minimum Gasteiger partial charge on any atom is -0.479 e. The summed E-state index contributed by atoms with van der Waals surface area (Å²) in [6.07, 6.45) is 4.65. The van der Waals surface area contributed by atoms with Gasteiger partial charge in [-0.3, -0.25) is 4.79 Å². The molecule has 138 valence electrons. The summed E-state index contributed by atoms with van der Waals surface area (Å²) in [5.74, 6) is -0.763. The van der Waals surface area contributed by atoms with Crippen molar-refractivity contribution in [3.63, 3.8) is 0 Å². The minimum absolute atomic E-state index is 0.205. The van der Waals surface area contributed by atoms with Crippen molar-refractivity contribution in [2.24, 2.45) is 5.41 Å². The Morgan fingerprint density at radius 2 is 2.04 bits per heavy atom. The van der Waals surface area contributed by atoms with Crippen LogP contribution in [-0.4, -0.2) is 40.4 Å². The second-order valence-corrected chi connectivity index (χ2v) is 7.53. The molecule has 2 aliphatic carbocycles. The van der Waals surface area contributed by atoms with E-state index in [1.165, 1.54) is 0 Å². The molecule has 1 heterocycles. The van der Waals surface area contributed by atoms with Gasteiger partial charge in [-0.25, -0.2) is 4.79 Å². The molecule has 1 aromatic rings. The zero-order valence-electron chi connectivity index (χ0n) is 15.1. The van der Waals surface area contributed by atoms with E-state index in [2.05, 4.69) is 10.5 Å². The number of amides is 1. The van der Waals surface area contributed by atoms with Gasteiger partial charge in [0.1, 0.15) is 11.3 Å². The molecule has 0 aliphatic heterocycles. The molecule has 0 spiro atoms. The number of carboxylic acid groups (broad SMARTS) is 1. The van der Waals surface area contributed by atoms with Gasteiger partial charge in [0, 0.05) is 30.4 Å². The van der Waals surface area contributed by atoms with Crippen LogP contribution in [0.4, 0.5) is 0 Å². The van der Waals surface area contributed by atoms with Gasteiger partial charge in [0.05, 0.1) is 6.10 Å². The zero-order valence-corrected chi connectivity index (χ0v) is 15.1. The maximum atomic E-state index is 12.8. The van der Waals surface area contributed by atoms with Crippen molar-refractivity contribution in [3.05, 3.63) is 17.0 Å². The summed E-state index contributed by atoms with van der Waals surface area (Å²) in [5, 5.41) is 16.5. The third-order valence-corrected chi connectivity index (χ3v) is 5.87. The number of carbonyl (C=O) groups is 2. The van der Waals surface area contributed by atoms with Crippen LogP contribution < -0.4 is 5.32 Å². The molecule has 1 amide bonds. The van der Waals surface area contributed by atoms with Gasteiger partial charge in [-0.1, -0.05) is 25.4 Å². The summed E-state index contributed by atoms with van der Waals surface area (Å²) in [4.78, 5) is 24.8. The van der Waals surface area contributed by atoms with E-state index in [0.717, 1.165) is 43.4 Å². The number of ether oxygens (including phenoxy) is 1. The van der Waals surface area contributed by atoms with Crippen LogP contribution in [0.1, 0.15) is 68.3 Å². The van der Waals surface area contributed by atoms with Crippen LogP contribution in [0.15, 0.2) is 4.52 Å². The maximum Gasteiger partial charge on any atom is 0.330 e. The van der Waals surface area contributed by atoms with Crippen LogP contribution in [-0.2, 0) is 22.4 Å². The largest absolute Gasteiger partial charge is 0.479 e. The molecule has 0 saturated heterocycles. The molecule has 7 heteroatoms. The Labute approximate surface area is 147 Å². The van der Waals surface area contributed by atoms with Crippen molar-refractivity contribution in [3.8, 4) is 0 Å². The molecule has 0 radical (unpaired) electrons. The Kier molecular flexibility index (Phi) is 4.62. The fourth-order valence-electron chi connectivity index (χ4n) is 4.03. The van der Waals surface area contributed by atoms with Crippen molar-refractivity contribution < 1.29 is 24.0 Å². The first-order chi connectivity index (χ1) is 11.8. The van der Waals surface area contributed by atoms with Gasteiger partial charge < -0.3 is 19.7 Å². The lowest BCUT2D eigenvalue weighted by Crippen LogP contribution is -2.76. The summed E-state index contributed by atoms with van der Waals surface area (Å²) in [6.45, 7) is 6.01. The highest BCUT2D eigenvalue weighted by Crippen LogP contribution is 2.51. The van der Waals surface area contributed by atoms with Gasteiger partial charge in [-0.05, 0) is 26.2 Å². The average molecular weight is 350 g/mol. The lowest BCUT2D eigenvalue weighted by atomic mass is 9.54. The first-order valence-electron chi connectivity index (χ1n) is 8.98. The van der Waals surface area contributed by atoms with Crippen LogP contribution in [0.2, 0.25) is 0 Å². The van der Waals surface area contributed by atoms with Gasteiger partial charge >= 0.3 is 5.97 Å². The number of fused-ring (bicyclic) bond motifs is 1. The number of carboxylic acids is 1. The number of hydrogen-bond donors (Lipinski definition) is 2. The molecule has 1 aromatic heterocycles. The number of rotatable bonds is 5. The molecular formula is C18H26N2O5. The molecule has 0 aromatic carbocycles. The Morgan fingerprint density at radius 3 is 2.68 bits per heavy atom. The quantitative estimate of drug-likeness (QED) is 0.790. The van der Waals surface area contributed by atoms with Gasteiger partial charge in [0.2, 0.25) is 0 Å². The first kappa shape index (κ1) is 17.9. The summed E-state index contributed by atoms with van der Waals surface area (Å²) in [7, 11) is 0. The monoisotopic (exact) mass is 350 g/mol. The highest BCUT2D eigenvalue weighted by molar-refractivity contribution is 5.98. The van der Waals surface area contributed by atoms with E-state index in [1.54, 1.807) is 0 Å². The fraction of sp³-hybridized carbons (Fsp3) is 0.722. The highest BCUT2D eigenvalue weighted by Gasteiger charge is 2.66. The molecule has 3 rings (SSSR count).